The average molecular weight is 580 g/mol. The highest BCUT2D eigenvalue weighted by molar-refractivity contribution is 5.85. The van der Waals surface area contributed by atoms with Gasteiger partial charge < -0.3 is 29.0 Å². The van der Waals surface area contributed by atoms with Gasteiger partial charge in [-0.15, -0.1) is 0 Å². The molecule has 0 saturated carbocycles. The van der Waals surface area contributed by atoms with Crippen LogP contribution in [0.15, 0.2) is 121 Å². The van der Waals surface area contributed by atoms with E-state index in [9.17, 15) is 9.90 Å². The number of nitrogens with zero attached hydrogens (tertiary/aromatic N) is 1. The lowest BCUT2D eigenvalue weighted by atomic mass is 10.0. The summed E-state index contributed by atoms with van der Waals surface area (Å²) in [6.07, 6.45) is -3.18. The maximum atomic E-state index is 13.7. The quantitative estimate of drug-likeness (QED) is 0.243. The zero-order valence-electron chi connectivity index (χ0n) is 24.0. The summed E-state index contributed by atoms with van der Waals surface area (Å²) in [5, 5.41) is 11.2. The Morgan fingerprint density at radius 2 is 0.930 bits per heavy atom. The first kappa shape index (κ1) is 29.2. The molecule has 7 heteroatoms. The molecule has 2 fully saturated rings. The molecule has 7 nitrogen and oxygen atoms in total. The third kappa shape index (κ3) is 6.88. The molecule has 2 saturated heterocycles. The van der Waals surface area contributed by atoms with Crippen LogP contribution in [-0.4, -0.2) is 59.0 Å². The number of hydrogen-bond acceptors (Lipinski definition) is 6. The second-order valence-electron chi connectivity index (χ2n) is 11.0. The summed E-state index contributed by atoms with van der Waals surface area (Å²) in [4.78, 5) is 15.4. The molecule has 1 N–H and O–H groups in total. The van der Waals surface area contributed by atoms with Gasteiger partial charge in [0, 0.05) is 0 Å². The van der Waals surface area contributed by atoms with Crippen molar-refractivity contribution in [2.24, 2.45) is 0 Å². The minimum Gasteiger partial charge on any atom is -0.380 e. The van der Waals surface area contributed by atoms with E-state index < -0.39 is 42.4 Å². The van der Waals surface area contributed by atoms with E-state index in [1.54, 1.807) is 4.90 Å². The molecule has 0 aromatic heterocycles. The van der Waals surface area contributed by atoms with Crippen molar-refractivity contribution in [3.63, 3.8) is 0 Å². The Balaban J connectivity index is 1.29. The molecule has 2 heterocycles. The molecule has 2 aliphatic heterocycles. The lowest BCUT2D eigenvalue weighted by Crippen LogP contribution is -2.46. The number of aliphatic hydroxyl groups is 1. The summed E-state index contributed by atoms with van der Waals surface area (Å²) >= 11 is 0. The van der Waals surface area contributed by atoms with Gasteiger partial charge in [-0.1, -0.05) is 121 Å². The van der Waals surface area contributed by atoms with Crippen LogP contribution in [0, 0.1) is 0 Å². The van der Waals surface area contributed by atoms with Crippen molar-refractivity contribution < 1.29 is 28.8 Å². The van der Waals surface area contributed by atoms with Gasteiger partial charge in [-0.2, -0.15) is 0 Å². The molecule has 0 bridgehead atoms. The molecule has 4 aromatic carbocycles. The normalized spacial score (nSPS) is 24.8. The Bertz CT molecular complexity index is 1420. The topological polar surface area (TPSA) is 77.5 Å². The van der Waals surface area contributed by atoms with E-state index in [0.29, 0.717) is 19.8 Å². The summed E-state index contributed by atoms with van der Waals surface area (Å²) in [6.45, 7) is 1.55. The van der Waals surface area contributed by atoms with Gasteiger partial charge in [0.25, 0.3) is 5.91 Å². The first-order chi connectivity index (χ1) is 21.2. The van der Waals surface area contributed by atoms with E-state index >= 15 is 0 Å². The SMILES string of the molecule is O=C1[C@H](O)[C@@H](OCc2ccccc2)[C@@H]2[C@@H](OCc3ccccc3)[C@H](OCc3ccccc3)[C@@H](COCc3ccccc3)N12. The van der Waals surface area contributed by atoms with Crippen LogP contribution in [0.2, 0.25) is 0 Å². The predicted molar refractivity (Wildman–Crippen MR) is 162 cm³/mol. The lowest BCUT2D eigenvalue weighted by Gasteiger charge is -2.29. The van der Waals surface area contributed by atoms with E-state index in [4.69, 9.17) is 18.9 Å². The Labute approximate surface area is 252 Å². The van der Waals surface area contributed by atoms with Gasteiger partial charge >= 0.3 is 0 Å². The zero-order chi connectivity index (χ0) is 29.4. The Hall–Kier alpha value is -3.85. The van der Waals surface area contributed by atoms with Crippen LogP contribution in [-0.2, 0) is 50.2 Å². The van der Waals surface area contributed by atoms with Crippen molar-refractivity contribution in [3.8, 4) is 0 Å². The van der Waals surface area contributed by atoms with Crippen LogP contribution in [0.5, 0.6) is 0 Å². The first-order valence-corrected chi connectivity index (χ1v) is 14.8. The number of carbonyl (C=O) groups is 1. The molecule has 2 aliphatic rings. The first-order valence-electron chi connectivity index (χ1n) is 14.8. The minimum absolute atomic E-state index is 0.222. The molecule has 6 rings (SSSR count). The van der Waals surface area contributed by atoms with E-state index in [2.05, 4.69) is 0 Å². The highest BCUT2D eigenvalue weighted by Crippen LogP contribution is 2.40. The highest BCUT2D eigenvalue weighted by Gasteiger charge is 2.63. The molecule has 0 spiro atoms. The number of hydrogen-bond donors (Lipinski definition) is 1. The molecule has 222 valence electrons. The van der Waals surface area contributed by atoms with Crippen LogP contribution in [0.1, 0.15) is 22.3 Å². The maximum Gasteiger partial charge on any atom is 0.255 e. The smallest absolute Gasteiger partial charge is 0.255 e. The van der Waals surface area contributed by atoms with E-state index in [0.717, 1.165) is 22.3 Å². The van der Waals surface area contributed by atoms with Gasteiger partial charge in [-0.05, 0) is 22.3 Å². The summed E-state index contributed by atoms with van der Waals surface area (Å²) in [5.74, 6) is -0.393. The third-order valence-corrected chi connectivity index (χ3v) is 8.13. The summed E-state index contributed by atoms with van der Waals surface area (Å²) < 4.78 is 25.7. The van der Waals surface area contributed by atoms with Gasteiger partial charge in [0.05, 0.1) is 45.1 Å². The number of fused-ring (bicyclic) bond motifs is 1. The molecular weight excluding hydrogens is 542 g/mol. The number of amides is 1. The number of rotatable bonds is 13. The molecule has 0 unspecified atom stereocenters. The molecule has 0 aliphatic carbocycles. The third-order valence-electron chi connectivity index (χ3n) is 8.13. The fraction of sp³-hybridized carbons (Fsp3) is 0.306. The highest BCUT2D eigenvalue weighted by atomic mass is 16.6. The molecular formula is C36H37NO6. The van der Waals surface area contributed by atoms with Crippen LogP contribution >= 0.6 is 0 Å². The van der Waals surface area contributed by atoms with Crippen molar-refractivity contribution in [1.29, 1.82) is 0 Å². The Kier molecular flexibility index (Phi) is 9.57. The molecule has 6 atom stereocenters. The van der Waals surface area contributed by atoms with Crippen molar-refractivity contribution in [3.05, 3.63) is 144 Å². The van der Waals surface area contributed by atoms with Gasteiger partial charge in [0.1, 0.15) is 18.3 Å². The van der Waals surface area contributed by atoms with E-state index in [1.165, 1.54) is 0 Å². The molecule has 4 aromatic rings. The second kappa shape index (κ2) is 14.1. The van der Waals surface area contributed by atoms with Gasteiger partial charge in [-0.25, -0.2) is 0 Å². The van der Waals surface area contributed by atoms with Gasteiger partial charge in [0.15, 0.2) is 6.10 Å². The summed E-state index contributed by atoms with van der Waals surface area (Å²) in [7, 11) is 0. The fourth-order valence-corrected chi connectivity index (χ4v) is 6.02. The van der Waals surface area contributed by atoms with E-state index in [-0.39, 0.29) is 13.2 Å². The molecule has 0 radical (unpaired) electrons. The Morgan fingerprint density at radius 3 is 1.40 bits per heavy atom. The zero-order valence-corrected chi connectivity index (χ0v) is 24.0. The van der Waals surface area contributed by atoms with E-state index in [1.807, 2.05) is 121 Å². The lowest BCUT2D eigenvalue weighted by molar-refractivity contribution is -0.143. The standard InChI is InChI=1S/C36H37NO6/c38-32-34(42-23-28-17-9-3-10-18-28)31-35(43-24-29-19-11-4-12-20-29)33(41-22-27-15-7-2-8-16-27)30(37(31)36(32)39)25-40-21-26-13-5-1-6-14-26/h1-20,30-35,38H,21-25H2/t30-,31-,32-,33-,34+,35-/m1/s1. The minimum atomic E-state index is -1.32. The van der Waals surface area contributed by atoms with Crippen molar-refractivity contribution >= 4 is 5.91 Å². The molecule has 43 heavy (non-hydrogen) atoms. The van der Waals surface area contributed by atoms with Crippen molar-refractivity contribution in [1.82, 2.24) is 4.90 Å². The summed E-state index contributed by atoms with van der Waals surface area (Å²) in [6, 6.07) is 38.5. The predicted octanol–water partition coefficient (Wildman–Crippen LogP) is 4.91. The number of aliphatic hydroxyl groups excluding tert-OH is 1. The van der Waals surface area contributed by atoms with Crippen LogP contribution in [0.25, 0.3) is 0 Å². The van der Waals surface area contributed by atoms with Crippen LogP contribution in [0.3, 0.4) is 0 Å². The largest absolute Gasteiger partial charge is 0.380 e. The Morgan fingerprint density at radius 1 is 0.535 bits per heavy atom. The molecule has 1 amide bonds. The second-order valence-corrected chi connectivity index (χ2v) is 11.0. The van der Waals surface area contributed by atoms with Crippen molar-refractivity contribution in [2.75, 3.05) is 6.61 Å². The van der Waals surface area contributed by atoms with Crippen LogP contribution in [0.4, 0.5) is 0 Å². The average Bonchev–Trinajstić information content (AvgIpc) is 3.49. The van der Waals surface area contributed by atoms with Gasteiger partial charge in [0.2, 0.25) is 0 Å². The number of benzene rings is 4. The van der Waals surface area contributed by atoms with Gasteiger partial charge in [-0.3, -0.25) is 4.79 Å². The monoisotopic (exact) mass is 579 g/mol. The fourth-order valence-electron chi connectivity index (χ4n) is 6.02. The van der Waals surface area contributed by atoms with Crippen LogP contribution < -0.4 is 0 Å². The number of carbonyl (C=O) groups excluding carboxylic acids is 1. The maximum absolute atomic E-state index is 13.7. The summed E-state index contributed by atoms with van der Waals surface area (Å²) in [5.41, 5.74) is 4.02. The number of ether oxygens (including phenoxy) is 4. The van der Waals surface area contributed by atoms with Crippen molar-refractivity contribution in [2.45, 2.75) is 62.9 Å².